The van der Waals surface area contributed by atoms with Crippen LogP contribution in [0.15, 0.2) is 0 Å². The van der Waals surface area contributed by atoms with Crippen molar-refractivity contribution in [2.75, 3.05) is 13.4 Å². The van der Waals surface area contributed by atoms with Crippen molar-refractivity contribution in [3.05, 3.63) is 0 Å². The minimum atomic E-state index is 1.08. The van der Waals surface area contributed by atoms with Crippen molar-refractivity contribution in [3.63, 3.8) is 0 Å². The number of hydrogen-bond acceptors (Lipinski definition) is 4. The van der Waals surface area contributed by atoms with E-state index >= 15 is 0 Å². The molecule has 0 aromatic heterocycles. The van der Waals surface area contributed by atoms with Crippen LogP contribution in [-0.4, -0.2) is 13.4 Å². The molecule has 0 N–H and O–H groups in total. The molecule has 0 rings (SSSR count). The topological polar surface area (TPSA) is 27.7 Å². The van der Waals surface area contributed by atoms with Crippen LogP contribution in [0.3, 0.4) is 0 Å². The maximum atomic E-state index is 4.18. The summed E-state index contributed by atoms with van der Waals surface area (Å²) in [5.41, 5.74) is 0. The van der Waals surface area contributed by atoms with E-state index in [0.717, 1.165) is 12.0 Å². The Morgan fingerprint density at radius 1 is 1.50 bits per heavy atom. The minimum Gasteiger partial charge on any atom is -0.209 e. The molecule has 3 nitrogen and oxygen atoms in total. The molecule has 0 spiro atoms. The van der Waals surface area contributed by atoms with E-state index in [1.165, 1.54) is 7.11 Å². The Balaban J connectivity index is 2.34. The molecule has 0 aliphatic rings. The Morgan fingerprint density at radius 2 is 2.17 bits per heavy atom. The van der Waals surface area contributed by atoms with Crippen LogP contribution in [0.5, 0.6) is 0 Å². The van der Waals surface area contributed by atoms with Crippen LogP contribution in [0.2, 0.25) is 0 Å². The summed E-state index contributed by atoms with van der Waals surface area (Å²) in [5.74, 6) is 0. The Kier molecular flexibility index (Phi) is 5.43. The monoisotopic (exact) mass is 110 g/mol. The molecule has 0 unspecified atom stereocenters. The lowest BCUT2D eigenvalue weighted by molar-refractivity contribution is -0.447. The summed E-state index contributed by atoms with van der Waals surface area (Å²) in [6, 6.07) is 0. The first-order valence-corrected chi connectivity index (χ1v) is 2.47. The van der Waals surface area contributed by atoms with Crippen LogP contribution in [0.25, 0.3) is 0 Å². The fourth-order valence-corrected chi connectivity index (χ4v) is 0.167. The summed E-state index contributed by atoms with van der Waals surface area (Å²) in [5, 5.41) is 3.95. The molecule has 38 valence electrons. The molecule has 0 heterocycles. The second kappa shape index (κ2) is 5.23. The molecule has 0 radical (unpaired) electrons. The third-order valence-electron chi connectivity index (χ3n) is 0.164. The van der Waals surface area contributed by atoms with Crippen LogP contribution in [0.1, 0.15) is 0 Å². The molecule has 0 bridgehead atoms. The summed E-state index contributed by atoms with van der Waals surface area (Å²) in [6.45, 7) is 0. The SMILES string of the molecule is COOOSC. The molecule has 6 heavy (non-hydrogen) atoms. The average Bonchev–Trinajstić information content (AvgIpc) is 1.61. The quantitative estimate of drug-likeness (QED) is 0.232. The van der Waals surface area contributed by atoms with E-state index in [1.54, 1.807) is 6.26 Å². The predicted octanol–water partition coefficient (Wildman–Crippen LogP) is 0.774. The van der Waals surface area contributed by atoms with E-state index in [2.05, 4.69) is 14.3 Å². The van der Waals surface area contributed by atoms with E-state index < -0.39 is 0 Å². The summed E-state index contributed by atoms with van der Waals surface area (Å²) < 4.78 is 4.18. The highest BCUT2D eigenvalue weighted by atomic mass is 32.2. The Bertz CT molecular complexity index is 20.8. The molecule has 0 amide bonds. The maximum absolute atomic E-state index is 4.18. The Morgan fingerprint density at radius 3 is 2.33 bits per heavy atom. The second-order valence-electron chi connectivity index (χ2n) is 0.469. The highest BCUT2D eigenvalue weighted by Gasteiger charge is 1.73. The van der Waals surface area contributed by atoms with Gasteiger partial charge in [-0.3, -0.25) is 0 Å². The lowest BCUT2D eigenvalue weighted by atomic mass is 11.8. The summed E-state index contributed by atoms with van der Waals surface area (Å²) >= 11 is 1.08. The fraction of sp³-hybridized carbons (Fsp3) is 1.00. The van der Waals surface area contributed by atoms with Crippen LogP contribution in [0, 0.1) is 0 Å². The van der Waals surface area contributed by atoms with Gasteiger partial charge in [0.2, 0.25) is 0 Å². The standard InChI is InChI=1S/C2H6O3S/c1-3-4-5-6-2/h1-2H3. The normalized spacial score (nSPS) is 9.00. The Hall–Kier alpha value is 0.230. The summed E-state index contributed by atoms with van der Waals surface area (Å²) in [6.07, 6.45) is 1.72. The first-order valence-electron chi connectivity index (χ1n) is 1.32. The molecule has 0 atom stereocenters. The van der Waals surface area contributed by atoms with Gasteiger partial charge in [0.05, 0.1) is 7.11 Å². The molecule has 0 fully saturated rings. The summed E-state index contributed by atoms with van der Waals surface area (Å²) in [4.78, 5) is 4.04. The molecule has 0 aliphatic carbocycles. The van der Waals surface area contributed by atoms with Crippen LogP contribution in [-0.2, 0) is 14.3 Å². The molecular formula is C2H6O3S. The number of rotatable bonds is 3. The molecule has 0 saturated heterocycles. The third kappa shape index (κ3) is 4.23. The molecule has 0 aromatic carbocycles. The van der Waals surface area contributed by atoms with Gasteiger partial charge in [-0.1, -0.05) is 5.04 Å². The predicted molar refractivity (Wildman–Crippen MR) is 22.7 cm³/mol. The molecule has 0 aromatic rings. The largest absolute Gasteiger partial charge is 0.209 e. The van der Waals surface area contributed by atoms with Gasteiger partial charge < -0.3 is 0 Å². The van der Waals surface area contributed by atoms with Gasteiger partial charge in [0.15, 0.2) is 0 Å². The van der Waals surface area contributed by atoms with Crippen molar-refractivity contribution in [1.82, 2.24) is 0 Å². The number of hydrogen-bond donors (Lipinski definition) is 0. The highest BCUT2D eigenvalue weighted by molar-refractivity contribution is 7.93. The zero-order valence-corrected chi connectivity index (χ0v) is 4.45. The van der Waals surface area contributed by atoms with Gasteiger partial charge in [0, 0.05) is 18.3 Å². The zero-order valence-electron chi connectivity index (χ0n) is 3.63. The fourth-order valence-electron chi connectivity index (χ4n) is 0.0556. The lowest BCUT2D eigenvalue weighted by Crippen LogP contribution is -1.81. The van der Waals surface area contributed by atoms with Crippen molar-refractivity contribution < 1.29 is 14.3 Å². The van der Waals surface area contributed by atoms with Gasteiger partial charge in [-0.25, -0.2) is 4.89 Å². The molecule has 0 saturated carbocycles. The molecule has 0 aliphatic heterocycles. The van der Waals surface area contributed by atoms with E-state index in [0.29, 0.717) is 0 Å². The minimum absolute atomic E-state index is 1.08. The van der Waals surface area contributed by atoms with Crippen molar-refractivity contribution in [2.45, 2.75) is 0 Å². The van der Waals surface area contributed by atoms with Gasteiger partial charge in [-0.2, -0.15) is 0 Å². The smallest absolute Gasteiger partial charge is 0.0744 e. The van der Waals surface area contributed by atoms with Crippen LogP contribution >= 0.6 is 12.0 Å². The first-order chi connectivity index (χ1) is 2.91. The van der Waals surface area contributed by atoms with E-state index in [-0.39, 0.29) is 0 Å². The Labute approximate surface area is 40.6 Å². The third-order valence-corrected chi connectivity index (χ3v) is 0.355. The van der Waals surface area contributed by atoms with Crippen molar-refractivity contribution in [2.24, 2.45) is 0 Å². The average molecular weight is 110 g/mol. The lowest BCUT2D eigenvalue weighted by Gasteiger charge is -1.88. The van der Waals surface area contributed by atoms with Crippen molar-refractivity contribution in [3.8, 4) is 0 Å². The van der Waals surface area contributed by atoms with Crippen molar-refractivity contribution in [1.29, 1.82) is 0 Å². The zero-order chi connectivity index (χ0) is 4.83. The van der Waals surface area contributed by atoms with Crippen molar-refractivity contribution >= 4 is 12.0 Å². The first kappa shape index (κ1) is 6.23. The van der Waals surface area contributed by atoms with E-state index in [1.807, 2.05) is 0 Å². The van der Waals surface area contributed by atoms with Gasteiger partial charge in [0.1, 0.15) is 0 Å². The van der Waals surface area contributed by atoms with Gasteiger partial charge >= 0.3 is 0 Å². The molecule has 4 heteroatoms. The second-order valence-corrected chi connectivity index (χ2v) is 0.939. The van der Waals surface area contributed by atoms with Crippen LogP contribution < -0.4 is 0 Å². The van der Waals surface area contributed by atoms with Gasteiger partial charge in [-0.05, 0) is 0 Å². The van der Waals surface area contributed by atoms with E-state index in [4.69, 9.17) is 0 Å². The molecular weight excluding hydrogens is 104 g/mol. The summed E-state index contributed by atoms with van der Waals surface area (Å²) in [7, 11) is 1.37. The van der Waals surface area contributed by atoms with Gasteiger partial charge in [-0.15, -0.1) is 4.33 Å². The van der Waals surface area contributed by atoms with Gasteiger partial charge in [0.25, 0.3) is 0 Å². The highest BCUT2D eigenvalue weighted by Crippen LogP contribution is 1.93. The maximum Gasteiger partial charge on any atom is 0.0744 e. The van der Waals surface area contributed by atoms with Crippen LogP contribution in [0.4, 0.5) is 0 Å². The van der Waals surface area contributed by atoms with E-state index in [9.17, 15) is 0 Å².